The first-order chi connectivity index (χ1) is 13.5. The van der Waals surface area contributed by atoms with Crippen LogP contribution in [0, 0.1) is 6.92 Å². The third kappa shape index (κ3) is 4.50. The van der Waals surface area contributed by atoms with Crippen LogP contribution in [0.4, 0.5) is 17.2 Å². The molecule has 0 aliphatic heterocycles. The lowest BCUT2D eigenvalue weighted by Gasteiger charge is -2.11. The Balaban J connectivity index is 1.69. The molecule has 3 rings (SSSR count). The van der Waals surface area contributed by atoms with Gasteiger partial charge in [0.15, 0.2) is 5.78 Å². The van der Waals surface area contributed by atoms with Crippen LogP contribution in [0.25, 0.3) is 0 Å². The molecule has 0 atom stereocenters. The van der Waals surface area contributed by atoms with E-state index < -0.39 is 0 Å². The SMILES string of the molecule is COc1ccc(C)cc1Nc1cnc(C(=O)Nc2ccc(C(C)=O)cc2)cn1. The lowest BCUT2D eigenvalue weighted by atomic mass is 10.1. The summed E-state index contributed by atoms with van der Waals surface area (Å²) in [6.07, 6.45) is 2.87. The van der Waals surface area contributed by atoms with E-state index in [1.54, 1.807) is 31.4 Å². The summed E-state index contributed by atoms with van der Waals surface area (Å²) in [5.41, 5.74) is 3.17. The molecule has 0 saturated heterocycles. The highest BCUT2D eigenvalue weighted by atomic mass is 16.5. The number of methoxy groups -OCH3 is 1. The molecule has 0 aliphatic rings. The molecular weight excluding hydrogens is 356 g/mol. The average Bonchev–Trinajstić information content (AvgIpc) is 2.69. The van der Waals surface area contributed by atoms with Crippen LogP contribution < -0.4 is 15.4 Å². The minimum atomic E-state index is -0.386. The van der Waals surface area contributed by atoms with Crippen molar-refractivity contribution in [1.29, 1.82) is 0 Å². The minimum Gasteiger partial charge on any atom is -0.495 e. The summed E-state index contributed by atoms with van der Waals surface area (Å²) < 4.78 is 5.33. The quantitative estimate of drug-likeness (QED) is 0.632. The molecule has 3 aromatic rings. The van der Waals surface area contributed by atoms with Gasteiger partial charge >= 0.3 is 0 Å². The van der Waals surface area contributed by atoms with Crippen LogP contribution >= 0.6 is 0 Å². The van der Waals surface area contributed by atoms with Crippen molar-refractivity contribution < 1.29 is 14.3 Å². The van der Waals surface area contributed by atoms with Gasteiger partial charge in [0.1, 0.15) is 17.3 Å². The Labute approximate surface area is 162 Å². The van der Waals surface area contributed by atoms with Crippen molar-refractivity contribution in [3.05, 3.63) is 71.7 Å². The lowest BCUT2D eigenvalue weighted by Crippen LogP contribution is -2.14. The van der Waals surface area contributed by atoms with Gasteiger partial charge in [-0.15, -0.1) is 0 Å². The Kier molecular flexibility index (Phi) is 5.64. The third-order valence-electron chi connectivity index (χ3n) is 4.05. The van der Waals surface area contributed by atoms with E-state index >= 15 is 0 Å². The van der Waals surface area contributed by atoms with Crippen molar-refractivity contribution >= 4 is 28.9 Å². The van der Waals surface area contributed by atoms with Gasteiger partial charge < -0.3 is 15.4 Å². The highest BCUT2D eigenvalue weighted by Crippen LogP contribution is 2.27. The Hall–Kier alpha value is -3.74. The van der Waals surface area contributed by atoms with Crippen LogP contribution in [0.2, 0.25) is 0 Å². The molecule has 0 aliphatic carbocycles. The molecule has 2 N–H and O–H groups in total. The fraction of sp³-hybridized carbons (Fsp3) is 0.143. The van der Waals surface area contributed by atoms with Gasteiger partial charge in [0.25, 0.3) is 5.91 Å². The topological polar surface area (TPSA) is 93.2 Å². The summed E-state index contributed by atoms with van der Waals surface area (Å²) in [7, 11) is 1.60. The Bertz CT molecular complexity index is 999. The number of nitrogens with one attached hydrogen (secondary N) is 2. The molecular formula is C21H20N4O3. The van der Waals surface area contributed by atoms with E-state index in [2.05, 4.69) is 20.6 Å². The summed E-state index contributed by atoms with van der Waals surface area (Å²) in [5.74, 6) is 0.759. The number of Topliss-reactive ketones (excluding diaryl/α,β-unsaturated/α-hetero) is 1. The van der Waals surface area contributed by atoms with E-state index in [9.17, 15) is 9.59 Å². The molecule has 0 saturated carbocycles. The Morgan fingerprint density at radius 2 is 1.75 bits per heavy atom. The summed E-state index contributed by atoms with van der Waals surface area (Å²) in [4.78, 5) is 32.0. The van der Waals surface area contributed by atoms with Gasteiger partial charge in [-0.3, -0.25) is 9.59 Å². The van der Waals surface area contributed by atoms with Crippen molar-refractivity contribution in [2.45, 2.75) is 13.8 Å². The van der Waals surface area contributed by atoms with Crippen LogP contribution in [0.1, 0.15) is 33.3 Å². The molecule has 7 heteroatoms. The van der Waals surface area contributed by atoms with E-state index in [1.807, 2.05) is 25.1 Å². The molecule has 1 amide bonds. The van der Waals surface area contributed by atoms with Gasteiger partial charge in [-0.25, -0.2) is 9.97 Å². The largest absolute Gasteiger partial charge is 0.495 e. The first-order valence-electron chi connectivity index (χ1n) is 8.62. The number of carbonyl (C=O) groups excluding carboxylic acids is 2. The van der Waals surface area contributed by atoms with E-state index in [-0.39, 0.29) is 17.4 Å². The number of amides is 1. The van der Waals surface area contributed by atoms with Crippen molar-refractivity contribution in [1.82, 2.24) is 9.97 Å². The molecule has 0 fully saturated rings. The van der Waals surface area contributed by atoms with Crippen molar-refractivity contribution in [2.24, 2.45) is 0 Å². The van der Waals surface area contributed by atoms with Crippen molar-refractivity contribution in [3.63, 3.8) is 0 Å². The molecule has 1 heterocycles. The zero-order valence-corrected chi connectivity index (χ0v) is 15.8. The predicted octanol–water partition coefficient (Wildman–Crippen LogP) is 3.99. The Morgan fingerprint density at radius 3 is 2.36 bits per heavy atom. The molecule has 0 radical (unpaired) electrons. The standard InChI is InChI=1S/C21H20N4O3/c1-13-4-9-19(28-3)17(10-13)25-20-12-22-18(11-23-20)21(27)24-16-7-5-15(6-8-16)14(2)26/h4-12H,1-3H3,(H,23,25)(H,24,27). The normalized spacial score (nSPS) is 10.2. The second-order valence-electron chi connectivity index (χ2n) is 6.20. The number of ether oxygens (including phenoxy) is 1. The lowest BCUT2D eigenvalue weighted by molar-refractivity contribution is 0.101. The number of rotatable bonds is 6. The number of aromatic nitrogens is 2. The number of carbonyl (C=O) groups is 2. The summed E-state index contributed by atoms with van der Waals surface area (Å²) in [6.45, 7) is 3.47. The number of aryl methyl sites for hydroxylation is 1. The van der Waals surface area contributed by atoms with Gasteiger partial charge in [0.05, 0.1) is 25.2 Å². The fourth-order valence-corrected chi connectivity index (χ4v) is 2.55. The van der Waals surface area contributed by atoms with Crippen LogP contribution in [-0.2, 0) is 0 Å². The van der Waals surface area contributed by atoms with Crippen molar-refractivity contribution in [2.75, 3.05) is 17.7 Å². The first-order valence-corrected chi connectivity index (χ1v) is 8.62. The highest BCUT2D eigenvalue weighted by molar-refractivity contribution is 6.03. The van der Waals surface area contributed by atoms with E-state index in [0.717, 1.165) is 11.3 Å². The van der Waals surface area contributed by atoms with Gasteiger partial charge in [-0.05, 0) is 55.8 Å². The van der Waals surface area contributed by atoms with E-state index in [0.29, 0.717) is 22.8 Å². The first kappa shape index (κ1) is 19.0. The maximum Gasteiger partial charge on any atom is 0.275 e. The van der Waals surface area contributed by atoms with Crippen LogP contribution in [0.15, 0.2) is 54.9 Å². The second-order valence-corrected chi connectivity index (χ2v) is 6.20. The van der Waals surface area contributed by atoms with Gasteiger partial charge in [-0.2, -0.15) is 0 Å². The highest BCUT2D eigenvalue weighted by Gasteiger charge is 2.10. The molecule has 1 aromatic heterocycles. The molecule has 7 nitrogen and oxygen atoms in total. The number of benzene rings is 2. The third-order valence-corrected chi connectivity index (χ3v) is 4.05. The average molecular weight is 376 g/mol. The molecule has 28 heavy (non-hydrogen) atoms. The number of nitrogens with zero attached hydrogens (tertiary/aromatic N) is 2. The molecule has 2 aromatic carbocycles. The number of hydrogen-bond donors (Lipinski definition) is 2. The number of hydrogen-bond acceptors (Lipinski definition) is 6. The second kappa shape index (κ2) is 8.30. The van der Waals surface area contributed by atoms with E-state index in [4.69, 9.17) is 4.74 Å². The molecule has 142 valence electrons. The van der Waals surface area contributed by atoms with E-state index in [1.165, 1.54) is 19.3 Å². The minimum absolute atomic E-state index is 0.0305. The maximum absolute atomic E-state index is 12.3. The van der Waals surface area contributed by atoms with Gasteiger partial charge in [-0.1, -0.05) is 6.07 Å². The maximum atomic E-state index is 12.3. The predicted molar refractivity (Wildman–Crippen MR) is 107 cm³/mol. The fourth-order valence-electron chi connectivity index (χ4n) is 2.55. The van der Waals surface area contributed by atoms with Gasteiger partial charge in [0.2, 0.25) is 0 Å². The van der Waals surface area contributed by atoms with Crippen LogP contribution in [0.5, 0.6) is 5.75 Å². The molecule has 0 unspecified atom stereocenters. The number of anilines is 3. The molecule has 0 bridgehead atoms. The smallest absolute Gasteiger partial charge is 0.275 e. The summed E-state index contributed by atoms with van der Waals surface area (Å²) in [6, 6.07) is 12.4. The monoisotopic (exact) mass is 376 g/mol. The summed E-state index contributed by atoms with van der Waals surface area (Å²) >= 11 is 0. The zero-order valence-electron chi connectivity index (χ0n) is 15.8. The summed E-state index contributed by atoms with van der Waals surface area (Å²) in [5, 5.41) is 5.86. The molecule has 0 spiro atoms. The van der Waals surface area contributed by atoms with Crippen molar-refractivity contribution in [3.8, 4) is 5.75 Å². The number of ketones is 1. The Morgan fingerprint density at radius 1 is 1.00 bits per heavy atom. The van der Waals surface area contributed by atoms with Gasteiger partial charge in [0, 0.05) is 11.3 Å². The van der Waals surface area contributed by atoms with Crippen LogP contribution in [-0.4, -0.2) is 28.8 Å². The van der Waals surface area contributed by atoms with Crippen LogP contribution in [0.3, 0.4) is 0 Å². The zero-order chi connectivity index (χ0) is 20.1.